The summed E-state index contributed by atoms with van der Waals surface area (Å²) in [6.45, 7) is 0. The molecule has 0 fully saturated rings. The van der Waals surface area contributed by atoms with E-state index in [4.69, 9.17) is 27.9 Å². The zero-order chi connectivity index (χ0) is 13.0. The molecule has 6 heteroatoms. The Bertz CT molecular complexity index is 561. The highest BCUT2D eigenvalue weighted by Crippen LogP contribution is 2.25. The van der Waals surface area contributed by atoms with Gasteiger partial charge < -0.3 is 4.74 Å². The topological polar surface area (TPSA) is 51.2 Å². The van der Waals surface area contributed by atoms with Gasteiger partial charge in [0.25, 0.3) is 0 Å². The van der Waals surface area contributed by atoms with Crippen LogP contribution in [0.5, 0.6) is 5.75 Å². The summed E-state index contributed by atoms with van der Waals surface area (Å²) >= 11 is 11.6. The maximum atomic E-state index is 11.5. The first-order chi connectivity index (χ1) is 8.65. The Labute approximate surface area is 114 Å². The van der Waals surface area contributed by atoms with E-state index in [0.717, 1.165) is 0 Å². The second-order valence-electron chi connectivity index (χ2n) is 3.33. The summed E-state index contributed by atoms with van der Waals surface area (Å²) in [7, 11) is 0. The molecule has 1 aromatic carbocycles. The van der Waals surface area contributed by atoms with Crippen LogP contribution >= 0.6 is 23.2 Å². The van der Waals surface area contributed by atoms with E-state index in [-0.39, 0.29) is 0 Å². The molecule has 0 bridgehead atoms. The lowest BCUT2D eigenvalue weighted by Gasteiger charge is -2.06. The largest absolute Gasteiger partial charge is 0.417 e. The van der Waals surface area contributed by atoms with Crippen LogP contribution < -0.4 is 10.1 Å². The maximum absolute atomic E-state index is 11.5. The molecule has 92 valence electrons. The molecule has 1 aromatic heterocycles. The van der Waals surface area contributed by atoms with Gasteiger partial charge in [-0.2, -0.15) is 0 Å². The number of rotatable bonds is 2. The summed E-state index contributed by atoms with van der Waals surface area (Å²) in [4.78, 5) is 15.4. The van der Waals surface area contributed by atoms with Crippen LogP contribution in [0.2, 0.25) is 10.0 Å². The molecule has 4 nitrogen and oxygen atoms in total. The molecule has 0 aliphatic rings. The molecule has 0 aliphatic heterocycles. The molecule has 2 rings (SSSR count). The van der Waals surface area contributed by atoms with Crippen molar-refractivity contribution in [1.29, 1.82) is 0 Å². The van der Waals surface area contributed by atoms with Crippen molar-refractivity contribution in [3.8, 4) is 5.75 Å². The van der Waals surface area contributed by atoms with Gasteiger partial charge in [0, 0.05) is 11.9 Å². The second kappa shape index (κ2) is 5.71. The van der Waals surface area contributed by atoms with E-state index >= 15 is 0 Å². The van der Waals surface area contributed by atoms with E-state index in [1.165, 1.54) is 12.3 Å². The third-order valence-corrected chi connectivity index (χ3v) is 2.75. The molecule has 1 amide bonds. The highest BCUT2D eigenvalue weighted by Gasteiger charge is 2.06. The van der Waals surface area contributed by atoms with Crippen LogP contribution in [0.3, 0.4) is 0 Å². The lowest BCUT2D eigenvalue weighted by Crippen LogP contribution is -2.16. The molecule has 0 saturated carbocycles. The van der Waals surface area contributed by atoms with Gasteiger partial charge in [-0.05, 0) is 30.3 Å². The Kier molecular flexibility index (Phi) is 4.02. The molecule has 0 saturated heterocycles. The average molecular weight is 283 g/mol. The fraction of sp³-hybridized carbons (Fsp3) is 0. The van der Waals surface area contributed by atoms with E-state index in [1.807, 2.05) is 0 Å². The molecular weight excluding hydrogens is 275 g/mol. The van der Waals surface area contributed by atoms with E-state index in [9.17, 15) is 4.79 Å². The van der Waals surface area contributed by atoms with Crippen LogP contribution in [0.25, 0.3) is 0 Å². The van der Waals surface area contributed by atoms with Crippen molar-refractivity contribution in [2.75, 3.05) is 5.32 Å². The fourth-order valence-electron chi connectivity index (χ4n) is 1.23. The summed E-state index contributed by atoms with van der Waals surface area (Å²) in [5.41, 5.74) is 0.498. The Morgan fingerprint density at radius 1 is 1.22 bits per heavy atom. The van der Waals surface area contributed by atoms with Gasteiger partial charge in [-0.3, -0.25) is 10.3 Å². The lowest BCUT2D eigenvalue weighted by molar-refractivity contribution is 0.215. The molecule has 0 radical (unpaired) electrons. The predicted molar refractivity (Wildman–Crippen MR) is 70.3 cm³/mol. The SMILES string of the molecule is O=C(Nc1ccc(Cl)c(Cl)c1)Oc1cccnc1. The van der Waals surface area contributed by atoms with Gasteiger partial charge in [0.1, 0.15) is 0 Å². The minimum absolute atomic E-state index is 0.357. The Balaban J connectivity index is 2.01. The highest BCUT2D eigenvalue weighted by atomic mass is 35.5. The maximum Gasteiger partial charge on any atom is 0.417 e. The predicted octanol–water partition coefficient (Wildman–Crippen LogP) is 4.00. The van der Waals surface area contributed by atoms with Gasteiger partial charge in [-0.25, -0.2) is 4.79 Å². The summed E-state index contributed by atoms with van der Waals surface area (Å²) in [5.74, 6) is 0.357. The molecule has 2 aromatic rings. The van der Waals surface area contributed by atoms with Gasteiger partial charge in [0.05, 0.1) is 16.2 Å². The van der Waals surface area contributed by atoms with Crippen LogP contribution in [-0.2, 0) is 0 Å². The number of anilines is 1. The second-order valence-corrected chi connectivity index (χ2v) is 4.15. The number of carbonyl (C=O) groups excluding carboxylic acids is 1. The highest BCUT2D eigenvalue weighted by molar-refractivity contribution is 6.42. The van der Waals surface area contributed by atoms with Crippen molar-refractivity contribution < 1.29 is 9.53 Å². The first-order valence-electron chi connectivity index (χ1n) is 4.99. The van der Waals surface area contributed by atoms with Crippen molar-refractivity contribution in [2.24, 2.45) is 0 Å². The third-order valence-electron chi connectivity index (χ3n) is 2.01. The number of hydrogen-bond donors (Lipinski definition) is 1. The summed E-state index contributed by atoms with van der Waals surface area (Å²) in [6, 6.07) is 8.04. The summed E-state index contributed by atoms with van der Waals surface area (Å²) < 4.78 is 5.00. The van der Waals surface area contributed by atoms with Gasteiger partial charge in [0.2, 0.25) is 0 Å². The quantitative estimate of drug-likeness (QED) is 0.906. The molecule has 18 heavy (non-hydrogen) atoms. The Hall–Kier alpha value is -1.78. The number of carbonyl (C=O) groups is 1. The van der Waals surface area contributed by atoms with Crippen molar-refractivity contribution >= 4 is 35.0 Å². The summed E-state index contributed by atoms with van der Waals surface area (Å²) in [5, 5.41) is 3.30. The van der Waals surface area contributed by atoms with Crippen LogP contribution in [0, 0.1) is 0 Å². The Morgan fingerprint density at radius 2 is 2.06 bits per heavy atom. The number of nitrogens with one attached hydrogen (secondary N) is 1. The molecule has 1 heterocycles. The van der Waals surface area contributed by atoms with E-state index in [2.05, 4.69) is 10.3 Å². The standard InChI is InChI=1S/C12H8Cl2N2O2/c13-10-4-3-8(6-11(10)14)16-12(17)18-9-2-1-5-15-7-9/h1-7H,(H,16,17). The monoisotopic (exact) mass is 282 g/mol. The smallest absolute Gasteiger partial charge is 0.408 e. The number of ether oxygens (including phenoxy) is 1. The number of nitrogens with zero attached hydrogens (tertiary/aromatic N) is 1. The van der Waals surface area contributed by atoms with Crippen LogP contribution in [0.4, 0.5) is 10.5 Å². The average Bonchev–Trinajstić information content (AvgIpc) is 2.35. The molecule has 0 spiro atoms. The minimum Gasteiger partial charge on any atom is -0.408 e. The molecule has 1 N–H and O–H groups in total. The minimum atomic E-state index is -0.624. The normalized spacial score (nSPS) is 9.89. The van der Waals surface area contributed by atoms with Gasteiger partial charge in [-0.1, -0.05) is 23.2 Å². The lowest BCUT2D eigenvalue weighted by atomic mass is 10.3. The number of halogens is 2. The van der Waals surface area contributed by atoms with E-state index in [0.29, 0.717) is 21.5 Å². The van der Waals surface area contributed by atoms with Crippen LogP contribution in [0.1, 0.15) is 0 Å². The Morgan fingerprint density at radius 3 is 2.72 bits per heavy atom. The van der Waals surface area contributed by atoms with E-state index < -0.39 is 6.09 Å². The molecule has 0 atom stereocenters. The zero-order valence-electron chi connectivity index (χ0n) is 9.06. The fourth-order valence-corrected chi connectivity index (χ4v) is 1.53. The number of aromatic nitrogens is 1. The number of amides is 1. The first kappa shape index (κ1) is 12.7. The van der Waals surface area contributed by atoms with Crippen LogP contribution in [0.15, 0.2) is 42.7 Å². The van der Waals surface area contributed by atoms with Crippen molar-refractivity contribution in [3.63, 3.8) is 0 Å². The van der Waals surface area contributed by atoms with Crippen molar-refractivity contribution in [3.05, 3.63) is 52.8 Å². The third kappa shape index (κ3) is 3.35. The number of pyridine rings is 1. The van der Waals surface area contributed by atoms with Gasteiger partial charge in [-0.15, -0.1) is 0 Å². The van der Waals surface area contributed by atoms with Gasteiger partial charge in [0.15, 0.2) is 5.75 Å². The van der Waals surface area contributed by atoms with Crippen LogP contribution in [-0.4, -0.2) is 11.1 Å². The number of hydrogen-bond acceptors (Lipinski definition) is 3. The van der Waals surface area contributed by atoms with Crippen molar-refractivity contribution in [2.45, 2.75) is 0 Å². The van der Waals surface area contributed by atoms with Gasteiger partial charge >= 0.3 is 6.09 Å². The molecular formula is C12H8Cl2N2O2. The molecule has 0 aliphatic carbocycles. The first-order valence-corrected chi connectivity index (χ1v) is 5.74. The zero-order valence-corrected chi connectivity index (χ0v) is 10.6. The summed E-state index contributed by atoms with van der Waals surface area (Å²) in [6.07, 6.45) is 2.40. The van der Waals surface area contributed by atoms with Crippen molar-refractivity contribution in [1.82, 2.24) is 4.98 Å². The van der Waals surface area contributed by atoms with E-state index in [1.54, 1.807) is 30.5 Å². The molecule has 0 unspecified atom stereocenters. The number of benzene rings is 1.